The molecule has 0 spiro atoms. The van der Waals surface area contributed by atoms with E-state index in [1.165, 1.54) is 16.8 Å². The zero-order chi connectivity index (χ0) is 11.4. The Bertz CT molecular complexity index is 318. The quantitative estimate of drug-likeness (QED) is 0.820. The van der Waals surface area contributed by atoms with Crippen LogP contribution in [0, 0.1) is 13.8 Å². The maximum absolute atomic E-state index is 5.84. The predicted molar refractivity (Wildman–Crippen MR) is 67.5 cm³/mol. The first-order valence-electron chi connectivity index (χ1n) is 5.62. The summed E-state index contributed by atoms with van der Waals surface area (Å²) in [5, 5.41) is 0. The highest BCUT2D eigenvalue weighted by molar-refractivity contribution is 5.54. The number of hydrogen-bond acceptors (Lipinski definition) is 2. The molecular formula is C13H22N2. The molecule has 0 aromatic heterocycles. The minimum Gasteiger partial charge on any atom is -0.370 e. The van der Waals surface area contributed by atoms with Crippen LogP contribution >= 0.6 is 0 Å². The van der Waals surface area contributed by atoms with Gasteiger partial charge in [-0.2, -0.15) is 0 Å². The summed E-state index contributed by atoms with van der Waals surface area (Å²) in [5.74, 6) is 0. The molecule has 0 aliphatic heterocycles. The summed E-state index contributed by atoms with van der Waals surface area (Å²) in [7, 11) is 0. The van der Waals surface area contributed by atoms with Crippen molar-refractivity contribution < 1.29 is 0 Å². The Labute approximate surface area is 93.1 Å². The van der Waals surface area contributed by atoms with Gasteiger partial charge in [-0.05, 0) is 39.3 Å². The molecule has 84 valence electrons. The SMILES string of the molecule is CCN(CC(C)N)c1ccc(C)cc1C. The Morgan fingerprint density at radius 2 is 2.00 bits per heavy atom. The van der Waals surface area contributed by atoms with Crippen LogP contribution in [-0.4, -0.2) is 19.1 Å². The third-order valence-corrected chi connectivity index (χ3v) is 2.58. The van der Waals surface area contributed by atoms with Crippen LogP contribution in [0.4, 0.5) is 5.69 Å². The van der Waals surface area contributed by atoms with E-state index in [1.54, 1.807) is 0 Å². The highest BCUT2D eigenvalue weighted by Crippen LogP contribution is 2.20. The number of likely N-dealkylation sites (N-methyl/N-ethyl adjacent to an activating group) is 1. The van der Waals surface area contributed by atoms with Gasteiger partial charge >= 0.3 is 0 Å². The fraction of sp³-hybridized carbons (Fsp3) is 0.538. The smallest absolute Gasteiger partial charge is 0.0396 e. The summed E-state index contributed by atoms with van der Waals surface area (Å²) < 4.78 is 0. The predicted octanol–water partition coefficient (Wildman–Crippen LogP) is 2.48. The van der Waals surface area contributed by atoms with Gasteiger partial charge in [0.25, 0.3) is 0 Å². The Kier molecular flexibility index (Phi) is 4.15. The first kappa shape index (κ1) is 12.1. The van der Waals surface area contributed by atoms with Crippen molar-refractivity contribution in [3.05, 3.63) is 29.3 Å². The topological polar surface area (TPSA) is 29.3 Å². The van der Waals surface area contributed by atoms with E-state index in [0.717, 1.165) is 13.1 Å². The number of aryl methyl sites for hydroxylation is 2. The monoisotopic (exact) mass is 206 g/mol. The van der Waals surface area contributed by atoms with Crippen LogP contribution in [-0.2, 0) is 0 Å². The van der Waals surface area contributed by atoms with Gasteiger partial charge in [-0.25, -0.2) is 0 Å². The fourth-order valence-electron chi connectivity index (χ4n) is 1.91. The first-order valence-corrected chi connectivity index (χ1v) is 5.62. The highest BCUT2D eigenvalue weighted by atomic mass is 15.1. The first-order chi connectivity index (χ1) is 7.04. The number of benzene rings is 1. The zero-order valence-corrected chi connectivity index (χ0v) is 10.2. The number of rotatable bonds is 4. The molecule has 0 aliphatic rings. The molecule has 1 rings (SSSR count). The Morgan fingerprint density at radius 3 is 2.47 bits per heavy atom. The van der Waals surface area contributed by atoms with Gasteiger partial charge in [-0.3, -0.25) is 0 Å². The number of nitrogens with zero attached hydrogens (tertiary/aromatic N) is 1. The van der Waals surface area contributed by atoms with Gasteiger partial charge in [-0.1, -0.05) is 17.7 Å². The van der Waals surface area contributed by atoms with Gasteiger partial charge in [0.15, 0.2) is 0 Å². The van der Waals surface area contributed by atoms with Crippen LogP contribution in [0.25, 0.3) is 0 Å². The second-order valence-electron chi connectivity index (χ2n) is 4.31. The maximum atomic E-state index is 5.84. The lowest BCUT2D eigenvalue weighted by Crippen LogP contribution is -2.35. The van der Waals surface area contributed by atoms with E-state index in [2.05, 4.69) is 43.9 Å². The molecule has 2 N–H and O–H groups in total. The third kappa shape index (κ3) is 3.24. The molecule has 1 unspecified atom stereocenters. The number of anilines is 1. The molecule has 0 fully saturated rings. The molecule has 1 aromatic rings. The van der Waals surface area contributed by atoms with Crippen LogP contribution in [0.5, 0.6) is 0 Å². The maximum Gasteiger partial charge on any atom is 0.0396 e. The van der Waals surface area contributed by atoms with Crippen molar-refractivity contribution >= 4 is 5.69 Å². The van der Waals surface area contributed by atoms with E-state index < -0.39 is 0 Å². The molecule has 1 aromatic carbocycles. The largest absolute Gasteiger partial charge is 0.370 e. The van der Waals surface area contributed by atoms with Gasteiger partial charge in [0.2, 0.25) is 0 Å². The Balaban J connectivity index is 2.91. The normalized spacial score (nSPS) is 12.6. The molecular weight excluding hydrogens is 184 g/mol. The summed E-state index contributed by atoms with van der Waals surface area (Å²) >= 11 is 0. The third-order valence-electron chi connectivity index (χ3n) is 2.58. The minimum atomic E-state index is 0.214. The van der Waals surface area contributed by atoms with Gasteiger partial charge < -0.3 is 10.6 Å². The number of hydrogen-bond donors (Lipinski definition) is 1. The van der Waals surface area contributed by atoms with E-state index in [4.69, 9.17) is 5.73 Å². The molecule has 0 saturated heterocycles. The molecule has 0 radical (unpaired) electrons. The summed E-state index contributed by atoms with van der Waals surface area (Å²) in [5.41, 5.74) is 9.79. The second-order valence-corrected chi connectivity index (χ2v) is 4.31. The van der Waals surface area contributed by atoms with E-state index in [1.807, 2.05) is 6.92 Å². The Hall–Kier alpha value is -1.02. The second kappa shape index (κ2) is 5.17. The molecule has 0 bridgehead atoms. The molecule has 2 heteroatoms. The van der Waals surface area contributed by atoms with Gasteiger partial charge in [0.05, 0.1) is 0 Å². The molecule has 0 amide bonds. The molecule has 0 heterocycles. The van der Waals surface area contributed by atoms with Crippen molar-refractivity contribution in [2.24, 2.45) is 5.73 Å². The average Bonchev–Trinajstić information content (AvgIpc) is 2.14. The van der Waals surface area contributed by atoms with Crippen LogP contribution in [0.15, 0.2) is 18.2 Å². The lowest BCUT2D eigenvalue weighted by Gasteiger charge is -2.26. The molecule has 15 heavy (non-hydrogen) atoms. The summed E-state index contributed by atoms with van der Waals surface area (Å²) in [6.45, 7) is 10.4. The van der Waals surface area contributed by atoms with Gasteiger partial charge in [0, 0.05) is 24.8 Å². The van der Waals surface area contributed by atoms with Crippen molar-refractivity contribution in [2.75, 3.05) is 18.0 Å². The lowest BCUT2D eigenvalue weighted by molar-refractivity contribution is 0.688. The van der Waals surface area contributed by atoms with E-state index in [-0.39, 0.29) is 6.04 Å². The van der Waals surface area contributed by atoms with Crippen molar-refractivity contribution in [2.45, 2.75) is 33.7 Å². The van der Waals surface area contributed by atoms with Gasteiger partial charge in [-0.15, -0.1) is 0 Å². The fourth-order valence-corrected chi connectivity index (χ4v) is 1.91. The van der Waals surface area contributed by atoms with Crippen molar-refractivity contribution in [1.82, 2.24) is 0 Å². The van der Waals surface area contributed by atoms with E-state index in [0.29, 0.717) is 0 Å². The van der Waals surface area contributed by atoms with Crippen LogP contribution in [0.1, 0.15) is 25.0 Å². The molecule has 2 nitrogen and oxygen atoms in total. The average molecular weight is 206 g/mol. The molecule has 0 aliphatic carbocycles. The van der Waals surface area contributed by atoms with Crippen LogP contribution < -0.4 is 10.6 Å². The van der Waals surface area contributed by atoms with E-state index >= 15 is 0 Å². The Morgan fingerprint density at radius 1 is 1.33 bits per heavy atom. The van der Waals surface area contributed by atoms with E-state index in [9.17, 15) is 0 Å². The molecule has 0 saturated carbocycles. The minimum absolute atomic E-state index is 0.214. The van der Waals surface area contributed by atoms with Crippen LogP contribution in [0.2, 0.25) is 0 Å². The summed E-state index contributed by atoms with van der Waals surface area (Å²) in [6, 6.07) is 6.78. The van der Waals surface area contributed by atoms with Crippen LogP contribution in [0.3, 0.4) is 0 Å². The zero-order valence-electron chi connectivity index (χ0n) is 10.2. The standard InChI is InChI=1S/C13H22N2/c1-5-15(9-12(4)14)13-7-6-10(2)8-11(13)3/h6-8,12H,5,9,14H2,1-4H3. The van der Waals surface area contributed by atoms with Gasteiger partial charge in [0.1, 0.15) is 0 Å². The lowest BCUT2D eigenvalue weighted by atomic mass is 10.1. The number of nitrogens with two attached hydrogens (primary N) is 1. The summed E-state index contributed by atoms with van der Waals surface area (Å²) in [6.07, 6.45) is 0. The highest BCUT2D eigenvalue weighted by Gasteiger charge is 2.08. The summed E-state index contributed by atoms with van der Waals surface area (Å²) in [4.78, 5) is 2.33. The van der Waals surface area contributed by atoms with Crippen molar-refractivity contribution in [3.63, 3.8) is 0 Å². The van der Waals surface area contributed by atoms with Crippen molar-refractivity contribution in [1.29, 1.82) is 0 Å². The van der Waals surface area contributed by atoms with Crippen molar-refractivity contribution in [3.8, 4) is 0 Å². The molecule has 1 atom stereocenters.